The van der Waals surface area contributed by atoms with Gasteiger partial charge in [-0.05, 0) is 85.8 Å². The normalized spacial score (nSPS) is 11.5. The number of aromatic nitrogens is 3. The van der Waals surface area contributed by atoms with E-state index in [9.17, 15) is 9.59 Å². The van der Waals surface area contributed by atoms with Crippen LogP contribution in [0.25, 0.3) is 33.5 Å². The van der Waals surface area contributed by atoms with Crippen LogP contribution in [0.4, 0.5) is 5.82 Å². The molecule has 1 unspecified atom stereocenters. The number of carbonyl (C=O) groups excluding carboxylic acids is 2. The van der Waals surface area contributed by atoms with E-state index in [4.69, 9.17) is 35.8 Å². The molecule has 1 N–H and O–H groups in total. The molecule has 0 aliphatic heterocycles. The van der Waals surface area contributed by atoms with E-state index in [1.807, 2.05) is 48.5 Å². The van der Waals surface area contributed by atoms with Crippen molar-refractivity contribution in [1.82, 2.24) is 15.0 Å². The topological polar surface area (TPSA) is 113 Å². The number of pyridine rings is 1. The van der Waals surface area contributed by atoms with Crippen molar-refractivity contribution in [3.05, 3.63) is 95.6 Å². The quantitative estimate of drug-likeness (QED) is 0.220. The van der Waals surface area contributed by atoms with Gasteiger partial charge in [-0.25, -0.2) is 19.7 Å². The van der Waals surface area contributed by atoms with Crippen LogP contribution in [0.3, 0.4) is 0 Å². The van der Waals surface area contributed by atoms with E-state index in [0.29, 0.717) is 39.0 Å². The molecule has 9 nitrogen and oxygen atoms in total. The first-order valence-corrected chi connectivity index (χ1v) is 13.0. The molecule has 206 valence electrons. The number of esters is 1. The molecule has 3 aromatic carbocycles. The van der Waals surface area contributed by atoms with Gasteiger partial charge in [0.25, 0.3) is 5.91 Å². The first-order valence-electron chi connectivity index (χ1n) is 12.6. The van der Waals surface area contributed by atoms with E-state index in [-0.39, 0.29) is 5.56 Å². The zero-order valence-corrected chi connectivity index (χ0v) is 23.2. The van der Waals surface area contributed by atoms with Crippen LogP contribution >= 0.6 is 11.6 Å². The van der Waals surface area contributed by atoms with Crippen molar-refractivity contribution in [2.45, 2.75) is 13.0 Å². The minimum absolute atomic E-state index is 0.231. The van der Waals surface area contributed by atoms with Crippen LogP contribution in [-0.2, 0) is 9.53 Å². The molecule has 2 aromatic heterocycles. The zero-order chi connectivity index (χ0) is 28.9. The summed E-state index contributed by atoms with van der Waals surface area (Å²) in [7, 11) is 3.22. The van der Waals surface area contributed by atoms with Crippen LogP contribution in [0.5, 0.6) is 11.5 Å². The average molecular weight is 569 g/mol. The van der Waals surface area contributed by atoms with E-state index in [2.05, 4.69) is 10.3 Å². The van der Waals surface area contributed by atoms with Gasteiger partial charge in [0.2, 0.25) is 0 Å². The lowest BCUT2D eigenvalue weighted by Crippen LogP contribution is -2.30. The van der Waals surface area contributed by atoms with Gasteiger partial charge in [0.1, 0.15) is 17.3 Å². The number of hydrogen-bond acceptors (Lipinski definition) is 8. The van der Waals surface area contributed by atoms with E-state index in [0.717, 1.165) is 16.9 Å². The third kappa shape index (κ3) is 6.26. The lowest BCUT2D eigenvalue weighted by atomic mass is 10.0. The van der Waals surface area contributed by atoms with Gasteiger partial charge in [0.05, 0.1) is 47.2 Å². The Hall–Kier alpha value is -5.02. The molecular weight excluding hydrogens is 544 g/mol. The molecule has 10 heteroatoms. The molecule has 1 amide bonds. The highest BCUT2D eigenvalue weighted by Gasteiger charge is 2.21. The number of amides is 1. The first-order chi connectivity index (χ1) is 19.8. The largest absolute Gasteiger partial charge is 0.497 e. The van der Waals surface area contributed by atoms with Gasteiger partial charge < -0.3 is 19.5 Å². The number of nitrogens with one attached hydrogen (secondary N) is 1. The Morgan fingerprint density at radius 3 is 1.90 bits per heavy atom. The van der Waals surface area contributed by atoms with Gasteiger partial charge in [0.15, 0.2) is 6.10 Å². The lowest BCUT2D eigenvalue weighted by Gasteiger charge is -2.14. The predicted octanol–water partition coefficient (Wildman–Crippen LogP) is 6.21. The number of carbonyl (C=O) groups is 2. The molecule has 0 aliphatic rings. The van der Waals surface area contributed by atoms with Crippen LogP contribution in [0.15, 0.2) is 85.1 Å². The number of benzene rings is 3. The van der Waals surface area contributed by atoms with E-state index < -0.39 is 18.0 Å². The fourth-order valence-corrected chi connectivity index (χ4v) is 4.15. The standard InChI is InChI=1S/C31H25ClN4O5/c1-18(30(37)36-27-15-9-22(32)17-33-27)41-31(38)21-8-14-25-26(16-21)35-29(20-6-12-24(40-3)13-7-20)28(34-25)19-4-10-23(39-2)11-5-19/h4-18H,1-3H3,(H,33,36,37). The van der Waals surface area contributed by atoms with Gasteiger partial charge in [-0.2, -0.15) is 0 Å². The molecule has 0 radical (unpaired) electrons. The molecule has 0 bridgehead atoms. The van der Waals surface area contributed by atoms with Crippen LogP contribution in [0, 0.1) is 0 Å². The summed E-state index contributed by atoms with van der Waals surface area (Å²) in [6.45, 7) is 1.48. The highest BCUT2D eigenvalue weighted by Crippen LogP contribution is 2.33. The van der Waals surface area contributed by atoms with Gasteiger partial charge in [-0.15, -0.1) is 0 Å². The molecular formula is C31H25ClN4O5. The molecule has 5 rings (SSSR count). The molecule has 0 fully saturated rings. The highest BCUT2D eigenvalue weighted by molar-refractivity contribution is 6.30. The molecule has 0 spiro atoms. The average Bonchev–Trinajstić information content (AvgIpc) is 3.01. The maximum Gasteiger partial charge on any atom is 0.338 e. The van der Waals surface area contributed by atoms with Crippen LogP contribution in [-0.4, -0.2) is 47.2 Å². The SMILES string of the molecule is COc1ccc(-c2nc3ccc(C(=O)OC(C)C(=O)Nc4ccc(Cl)cn4)cc3nc2-c2ccc(OC)cc2)cc1. The predicted molar refractivity (Wildman–Crippen MR) is 156 cm³/mol. The van der Waals surface area contributed by atoms with Gasteiger partial charge in [0, 0.05) is 17.3 Å². The maximum atomic E-state index is 13.0. The molecule has 1 atom stereocenters. The second kappa shape index (κ2) is 12.0. The number of halogens is 1. The Balaban J connectivity index is 1.45. The summed E-state index contributed by atoms with van der Waals surface area (Å²) < 4.78 is 16.0. The van der Waals surface area contributed by atoms with Crippen molar-refractivity contribution in [3.8, 4) is 34.0 Å². The van der Waals surface area contributed by atoms with E-state index >= 15 is 0 Å². The number of fused-ring (bicyclic) bond motifs is 1. The number of rotatable bonds is 8. The molecule has 5 aromatic rings. The second-order valence-electron chi connectivity index (χ2n) is 8.98. The Morgan fingerprint density at radius 2 is 1.37 bits per heavy atom. The van der Waals surface area contributed by atoms with Gasteiger partial charge in [-0.1, -0.05) is 11.6 Å². The fraction of sp³-hybridized carbons (Fsp3) is 0.129. The third-order valence-corrected chi connectivity index (χ3v) is 6.48. The van der Waals surface area contributed by atoms with E-state index in [1.54, 1.807) is 44.6 Å². The lowest BCUT2D eigenvalue weighted by molar-refractivity contribution is -0.123. The maximum absolute atomic E-state index is 13.0. The zero-order valence-electron chi connectivity index (χ0n) is 22.4. The minimum atomic E-state index is -1.07. The van der Waals surface area contributed by atoms with Crippen molar-refractivity contribution >= 4 is 40.3 Å². The summed E-state index contributed by atoms with van der Waals surface area (Å²) in [6, 6.07) is 23.1. The van der Waals surface area contributed by atoms with E-state index in [1.165, 1.54) is 13.1 Å². The Kier molecular flexibility index (Phi) is 8.07. The number of ether oxygens (including phenoxy) is 3. The van der Waals surface area contributed by atoms with Crippen LogP contribution in [0.2, 0.25) is 5.02 Å². The highest BCUT2D eigenvalue weighted by atomic mass is 35.5. The summed E-state index contributed by atoms with van der Waals surface area (Å²) in [5.74, 6) is 0.528. The Labute approximate surface area is 241 Å². The third-order valence-electron chi connectivity index (χ3n) is 6.26. The summed E-state index contributed by atoms with van der Waals surface area (Å²) in [5.41, 5.74) is 4.27. The molecule has 0 aliphatic carbocycles. The number of hydrogen-bond donors (Lipinski definition) is 1. The van der Waals surface area contributed by atoms with Gasteiger partial charge in [-0.3, -0.25) is 4.79 Å². The van der Waals surface area contributed by atoms with Crippen molar-refractivity contribution in [3.63, 3.8) is 0 Å². The van der Waals surface area contributed by atoms with Gasteiger partial charge >= 0.3 is 5.97 Å². The second-order valence-corrected chi connectivity index (χ2v) is 9.42. The molecule has 41 heavy (non-hydrogen) atoms. The summed E-state index contributed by atoms with van der Waals surface area (Å²) in [6.07, 6.45) is 0.332. The molecule has 2 heterocycles. The monoisotopic (exact) mass is 568 g/mol. The van der Waals surface area contributed by atoms with Crippen molar-refractivity contribution in [2.24, 2.45) is 0 Å². The Bertz CT molecular complexity index is 1710. The summed E-state index contributed by atoms with van der Waals surface area (Å²) in [4.78, 5) is 39.3. The van der Waals surface area contributed by atoms with Crippen LogP contribution in [0.1, 0.15) is 17.3 Å². The van der Waals surface area contributed by atoms with Crippen LogP contribution < -0.4 is 14.8 Å². The first kappa shape index (κ1) is 27.5. The molecule has 0 saturated heterocycles. The Morgan fingerprint density at radius 1 is 0.780 bits per heavy atom. The van der Waals surface area contributed by atoms with Crippen molar-refractivity contribution in [2.75, 3.05) is 19.5 Å². The van der Waals surface area contributed by atoms with Crippen molar-refractivity contribution in [1.29, 1.82) is 0 Å². The number of anilines is 1. The van der Waals surface area contributed by atoms with Crippen molar-refractivity contribution < 1.29 is 23.8 Å². The summed E-state index contributed by atoms with van der Waals surface area (Å²) in [5, 5.41) is 3.03. The fourth-order valence-electron chi connectivity index (χ4n) is 4.04. The number of methoxy groups -OCH3 is 2. The molecule has 0 saturated carbocycles. The summed E-state index contributed by atoms with van der Waals surface area (Å²) >= 11 is 5.83. The number of nitrogens with zero attached hydrogens (tertiary/aromatic N) is 3. The smallest absolute Gasteiger partial charge is 0.338 e. The minimum Gasteiger partial charge on any atom is -0.497 e.